The highest BCUT2D eigenvalue weighted by molar-refractivity contribution is 5.67. The van der Waals surface area contributed by atoms with Gasteiger partial charge in [-0.25, -0.2) is 4.79 Å². The lowest BCUT2D eigenvalue weighted by Gasteiger charge is -2.34. The Bertz CT molecular complexity index is 502. The van der Waals surface area contributed by atoms with Gasteiger partial charge in [-0.15, -0.1) is 0 Å². The van der Waals surface area contributed by atoms with Crippen molar-refractivity contribution in [3.63, 3.8) is 0 Å². The molecule has 0 heterocycles. The van der Waals surface area contributed by atoms with E-state index in [-0.39, 0.29) is 11.6 Å². The zero-order valence-corrected chi connectivity index (χ0v) is 15.5. The standard InChI is InChI=1S/C19H32N2O2/c1-7-19(8-2,14-20-17(22)23-18(4,5)6)21-13-16-12-10-9-11-15(16)3/h9-12,21H,7-8,13-14H2,1-6H3,(H,20,22). The first-order valence-electron chi connectivity index (χ1n) is 8.48. The molecular weight excluding hydrogens is 288 g/mol. The highest BCUT2D eigenvalue weighted by Crippen LogP contribution is 2.17. The molecule has 4 heteroatoms. The molecule has 0 saturated carbocycles. The zero-order valence-electron chi connectivity index (χ0n) is 15.5. The van der Waals surface area contributed by atoms with Gasteiger partial charge in [0.1, 0.15) is 5.60 Å². The monoisotopic (exact) mass is 320 g/mol. The first-order chi connectivity index (χ1) is 10.7. The Labute approximate surface area is 141 Å². The van der Waals surface area contributed by atoms with Gasteiger partial charge in [0, 0.05) is 18.6 Å². The Hall–Kier alpha value is -1.55. The summed E-state index contributed by atoms with van der Waals surface area (Å²) in [7, 11) is 0. The second kappa shape index (κ2) is 8.34. The van der Waals surface area contributed by atoms with E-state index < -0.39 is 5.60 Å². The summed E-state index contributed by atoms with van der Waals surface area (Å²) in [5.74, 6) is 0. The van der Waals surface area contributed by atoms with Crippen LogP contribution in [0.25, 0.3) is 0 Å². The smallest absolute Gasteiger partial charge is 0.407 e. The number of carbonyl (C=O) groups is 1. The number of hydrogen-bond acceptors (Lipinski definition) is 3. The normalized spacial score (nSPS) is 12.1. The molecule has 4 nitrogen and oxygen atoms in total. The molecule has 1 aromatic rings. The van der Waals surface area contributed by atoms with Gasteiger partial charge in [-0.1, -0.05) is 38.1 Å². The molecule has 0 spiro atoms. The van der Waals surface area contributed by atoms with E-state index in [4.69, 9.17) is 4.74 Å². The third-order valence-corrected chi connectivity index (χ3v) is 4.24. The van der Waals surface area contributed by atoms with Crippen molar-refractivity contribution in [1.82, 2.24) is 10.6 Å². The molecule has 0 saturated heterocycles. The number of alkyl carbamates (subject to hydrolysis) is 1. The number of benzene rings is 1. The lowest BCUT2D eigenvalue weighted by atomic mass is 9.92. The van der Waals surface area contributed by atoms with Crippen LogP contribution < -0.4 is 10.6 Å². The number of amides is 1. The van der Waals surface area contributed by atoms with Crippen LogP contribution in [0.2, 0.25) is 0 Å². The summed E-state index contributed by atoms with van der Waals surface area (Å²) < 4.78 is 5.33. The first-order valence-corrected chi connectivity index (χ1v) is 8.48. The number of hydrogen-bond donors (Lipinski definition) is 2. The molecule has 0 atom stereocenters. The fourth-order valence-corrected chi connectivity index (χ4v) is 2.46. The molecule has 130 valence electrons. The van der Waals surface area contributed by atoms with E-state index in [1.165, 1.54) is 11.1 Å². The zero-order chi connectivity index (χ0) is 17.5. The van der Waals surface area contributed by atoms with Crippen molar-refractivity contribution in [3.8, 4) is 0 Å². The maximum atomic E-state index is 11.9. The summed E-state index contributed by atoms with van der Waals surface area (Å²) in [5.41, 5.74) is 1.97. The maximum Gasteiger partial charge on any atom is 0.407 e. The van der Waals surface area contributed by atoms with Gasteiger partial charge >= 0.3 is 6.09 Å². The van der Waals surface area contributed by atoms with E-state index in [0.717, 1.165) is 19.4 Å². The number of rotatable bonds is 7. The van der Waals surface area contributed by atoms with Crippen molar-refractivity contribution in [1.29, 1.82) is 0 Å². The Morgan fingerprint density at radius 3 is 2.26 bits per heavy atom. The molecule has 0 bridgehead atoms. The summed E-state index contributed by atoms with van der Waals surface area (Å²) in [6.45, 7) is 13.4. The van der Waals surface area contributed by atoms with Crippen LogP contribution in [-0.2, 0) is 11.3 Å². The third-order valence-electron chi connectivity index (χ3n) is 4.24. The quantitative estimate of drug-likeness (QED) is 0.793. The van der Waals surface area contributed by atoms with E-state index in [1.807, 2.05) is 20.8 Å². The third kappa shape index (κ3) is 6.61. The molecule has 23 heavy (non-hydrogen) atoms. The molecular formula is C19H32N2O2. The Morgan fingerprint density at radius 1 is 1.13 bits per heavy atom. The summed E-state index contributed by atoms with van der Waals surface area (Å²) in [4.78, 5) is 11.9. The van der Waals surface area contributed by atoms with Crippen LogP contribution in [0.3, 0.4) is 0 Å². The van der Waals surface area contributed by atoms with E-state index in [2.05, 4.69) is 55.7 Å². The van der Waals surface area contributed by atoms with Gasteiger partial charge in [0.25, 0.3) is 0 Å². The molecule has 2 N–H and O–H groups in total. The van der Waals surface area contributed by atoms with Crippen molar-refractivity contribution >= 4 is 6.09 Å². The van der Waals surface area contributed by atoms with Crippen molar-refractivity contribution in [2.24, 2.45) is 0 Å². The van der Waals surface area contributed by atoms with E-state index in [0.29, 0.717) is 6.54 Å². The second-order valence-electron chi connectivity index (χ2n) is 7.12. The molecule has 0 fully saturated rings. The highest BCUT2D eigenvalue weighted by atomic mass is 16.6. The second-order valence-corrected chi connectivity index (χ2v) is 7.12. The highest BCUT2D eigenvalue weighted by Gasteiger charge is 2.27. The van der Waals surface area contributed by atoms with Gasteiger partial charge in [-0.05, 0) is 51.7 Å². The summed E-state index contributed by atoms with van der Waals surface area (Å²) in [6, 6.07) is 8.37. The van der Waals surface area contributed by atoms with Gasteiger partial charge in [0.15, 0.2) is 0 Å². The Balaban J connectivity index is 2.64. The maximum absolute atomic E-state index is 11.9. The lowest BCUT2D eigenvalue weighted by Crippen LogP contribution is -2.53. The van der Waals surface area contributed by atoms with Crippen molar-refractivity contribution in [2.75, 3.05) is 6.54 Å². The van der Waals surface area contributed by atoms with Gasteiger partial charge in [-0.2, -0.15) is 0 Å². The van der Waals surface area contributed by atoms with Crippen molar-refractivity contribution in [2.45, 2.75) is 72.1 Å². The fraction of sp³-hybridized carbons (Fsp3) is 0.632. The van der Waals surface area contributed by atoms with Crippen molar-refractivity contribution < 1.29 is 9.53 Å². The number of aryl methyl sites for hydroxylation is 1. The van der Waals surface area contributed by atoms with E-state index in [9.17, 15) is 4.79 Å². The van der Waals surface area contributed by atoms with E-state index >= 15 is 0 Å². The van der Waals surface area contributed by atoms with Crippen LogP contribution in [0.5, 0.6) is 0 Å². The van der Waals surface area contributed by atoms with Crippen LogP contribution in [0.15, 0.2) is 24.3 Å². The fourth-order valence-electron chi connectivity index (χ4n) is 2.46. The Kier molecular flexibility index (Phi) is 7.07. The number of nitrogens with one attached hydrogen (secondary N) is 2. The van der Waals surface area contributed by atoms with Crippen LogP contribution in [0, 0.1) is 6.92 Å². The predicted molar refractivity (Wildman–Crippen MR) is 95.6 cm³/mol. The van der Waals surface area contributed by atoms with Gasteiger partial charge in [0.2, 0.25) is 0 Å². The van der Waals surface area contributed by atoms with Crippen LogP contribution in [-0.4, -0.2) is 23.8 Å². The molecule has 0 radical (unpaired) electrons. The predicted octanol–water partition coefficient (Wildman–Crippen LogP) is 4.17. The topological polar surface area (TPSA) is 50.4 Å². The first kappa shape index (κ1) is 19.5. The lowest BCUT2D eigenvalue weighted by molar-refractivity contribution is 0.0507. The molecule has 1 amide bonds. The molecule has 0 aliphatic heterocycles. The molecule has 0 aromatic heterocycles. The summed E-state index contributed by atoms with van der Waals surface area (Å²) >= 11 is 0. The Morgan fingerprint density at radius 2 is 1.74 bits per heavy atom. The molecule has 0 aliphatic rings. The molecule has 1 rings (SSSR count). The summed E-state index contributed by atoms with van der Waals surface area (Å²) in [5, 5.41) is 6.55. The number of carbonyl (C=O) groups excluding carboxylic acids is 1. The van der Waals surface area contributed by atoms with Gasteiger partial charge < -0.3 is 15.4 Å². The van der Waals surface area contributed by atoms with Crippen LogP contribution in [0.1, 0.15) is 58.6 Å². The van der Waals surface area contributed by atoms with Gasteiger partial charge in [0.05, 0.1) is 0 Å². The van der Waals surface area contributed by atoms with Crippen LogP contribution >= 0.6 is 0 Å². The molecule has 0 unspecified atom stereocenters. The largest absolute Gasteiger partial charge is 0.444 e. The molecule has 0 aliphatic carbocycles. The average Bonchev–Trinajstić information content (AvgIpc) is 2.48. The van der Waals surface area contributed by atoms with Crippen LogP contribution in [0.4, 0.5) is 4.79 Å². The van der Waals surface area contributed by atoms with Crippen molar-refractivity contribution in [3.05, 3.63) is 35.4 Å². The number of ether oxygens (including phenoxy) is 1. The summed E-state index contributed by atoms with van der Waals surface area (Å²) in [6.07, 6.45) is 1.51. The van der Waals surface area contributed by atoms with Gasteiger partial charge in [-0.3, -0.25) is 0 Å². The minimum Gasteiger partial charge on any atom is -0.444 e. The minimum absolute atomic E-state index is 0.126. The SMILES string of the molecule is CCC(CC)(CNC(=O)OC(C)(C)C)NCc1ccccc1C. The average molecular weight is 320 g/mol. The van der Waals surface area contributed by atoms with E-state index in [1.54, 1.807) is 0 Å². The minimum atomic E-state index is -0.472. The molecule has 1 aromatic carbocycles.